The molecular weight excluding hydrogens is 211 g/mol. The normalized spacial score (nSPS) is 14.5. The van der Waals surface area contributed by atoms with Crippen molar-refractivity contribution in [3.8, 4) is 0 Å². The number of alkyl halides is 1. The van der Waals surface area contributed by atoms with E-state index >= 15 is 0 Å². The number of hydrogen-bond acceptors (Lipinski definition) is 4. The minimum absolute atomic E-state index is 0. The van der Waals surface area contributed by atoms with E-state index in [1.807, 2.05) is 0 Å². The molecular formula is C7H14ClFN4O. The fourth-order valence-corrected chi connectivity index (χ4v) is 0.923. The van der Waals surface area contributed by atoms with E-state index in [2.05, 4.69) is 14.9 Å². The van der Waals surface area contributed by atoms with Crippen LogP contribution in [0.5, 0.6) is 0 Å². The average Bonchev–Trinajstić information content (AvgIpc) is 2.57. The largest absolute Gasteiger partial charge is 0.382 e. The summed E-state index contributed by atoms with van der Waals surface area (Å²) >= 11 is 0. The first kappa shape index (κ1) is 13.3. The molecule has 1 aromatic heterocycles. The van der Waals surface area contributed by atoms with Gasteiger partial charge in [0.25, 0.3) is 0 Å². The maximum absolute atomic E-state index is 13.1. The van der Waals surface area contributed by atoms with Crippen molar-refractivity contribution in [3.63, 3.8) is 0 Å². The summed E-state index contributed by atoms with van der Waals surface area (Å²) in [5.74, 6) is 0. The van der Waals surface area contributed by atoms with Crippen molar-refractivity contribution < 1.29 is 9.13 Å². The van der Waals surface area contributed by atoms with Gasteiger partial charge in [0.1, 0.15) is 6.17 Å². The van der Waals surface area contributed by atoms with Crippen LogP contribution < -0.4 is 5.73 Å². The Kier molecular flexibility index (Phi) is 6.35. The van der Waals surface area contributed by atoms with E-state index in [9.17, 15) is 4.39 Å². The minimum Gasteiger partial charge on any atom is -0.382 e. The number of rotatable bonds is 5. The zero-order chi connectivity index (χ0) is 9.68. The molecule has 5 nitrogen and oxygen atoms in total. The second-order valence-corrected chi connectivity index (χ2v) is 2.72. The van der Waals surface area contributed by atoms with Gasteiger partial charge in [-0.1, -0.05) is 0 Å². The summed E-state index contributed by atoms with van der Waals surface area (Å²) in [5.41, 5.74) is 5.54. The summed E-state index contributed by atoms with van der Waals surface area (Å²) in [4.78, 5) is 1.35. The van der Waals surface area contributed by atoms with E-state index in [1.54, 1.807) is 0 Å². The van der Waals surface area contributed by atoms with E-state index < -0.39 is 12.2 Å². The van der Waals surface area contributed by atoms with Crippen LogP contribution in [0.3, 0.4) is 0 Å². The summed E-state index contributed by atoms with van der Waals surface area (Å²) in [6.07, 6.45) is 1.86. The first-order valence-corrected chi connectivity index (χ1v) is 3.96. The van der Waals surface area contributed by atoms with Gasteiger partial charge in [-0.15, -0.1) is 12.4 Å². The number of methoxy groups -OCH3 is 1. The van der Waals surface area contributed by atoms with Gasteiger partial charge >= 0.3 is 0 Å². The molecule has 2 N–H and O–H groups in total. The highest BCUT2D eigenvalue weighted by Crippen LogP contribution is 1.99. The van der Waals surface area contributed by atoms with Crippen LogP contribution in [0.4, 0.5) is 4.39 Å². The molecule has 0 aliphatic carbocycles. The molecule has 0 saturated carbocycles. The lowest BCUT2D eigenvalue weighted by Gasteiger charge is -2.14. The fourth-order valence-electron chi connectivity index (χ4n) is 0.923. The Bertz CT molecular complexity index is 234. The van der Waals surface area contributed by atoms with Crippen LogP contribution in [-0.2, 0) is 11.3 Å². The lowest BCUT2D eigenvalue weighted by Crippen LogP contribution is -2.39. The molecule has 0 aliphatic rings. The van der Waals surface area contributed by atoms with Gasteiger partial charge in [0.05, 0.1) is 31.6 Å². The molecule has 7 heteroatoms. The quantitative estimate of drug-likeness (QED) is 0.766. The lowest BCUT2D eigenvalue weighted by molar-refractivity contribution is 0.102. The van der Waals surface area contributed by atoms with Gasteiger partial charge in [-0.3, -0.25) is 0 Å². The number of nitrogens with zero attached hydrogens (tertiary/aromatic N) is 3. The SMILES string of the molecule is COCC(F)C(N)Cn1nccn1.Cl. The number of aromatic nitrogens is 3. The molecule has 1 heterocycles. The first-order valence-electron chi connectivity index (χ1n) is 3.96. The van der Waals surface area contributed by atoms with Gasteiger partial charge in [-0.05, 0) is 0 Å². The van der Waals surface area contributed by atoms with Crippen LogP contribution in [0.25, 0.3) is 0 Å². The highest BCUT2D eigenvalue weighted by molar-refractivity contribution is 5.85. The third-order valence-corrected chi connectivity index (χ3v) is 1.63. The predicted octanol–water partition coefficient (Wildman–Crippen LogP) is 0.0117. The summed E-state index contributed by atoms with van der Waals surface area (Å²) in [5, 5.41) is 7.63. The second-order valence-electron chi connectivity index (χ2n) is 2.72. The third-order valence-electron chi connectivity index (χ3n) is 1.63. The van der Waals surface area contributed by atoms with Crippen molar-refractivity contribution >= 4 is 12.4 Å². The summed E-state index contributed by atoms with van der Waals surface area (Å²) < 4.78 is 17.7. The van der Waals surface area contributed by atoms with Crippen LogP contribution in [0.1, 0.15) is 0 Å². The highest BCUT2D eigenvalue weighted by atomic mass is 35.5. The Morgan fingerprint density at radius 1 is 1.50 bits per heavy atom. The number of halogens is 2. The van der Waals surface area contributed by atoms with Gasteiger partial charge in [0.15, 0.2) is 0 Å². The van der Waals surface area contributed by atoms with Crippen molar-refractivity contribution in [1.82, 2.24) is 15.0 Å². The molecule has 14 heavy (non-hydrogen) atoms. The monoisotopic (exact) mass is 224 g/mol. The van der Waals surface area contributed by atoms with Crippen LogP contribution in [0.2, 0.25) is 0 Å². The summed E-state index contributed by atoms with van der Waals surface area (Å²) in [6, 6.07) is -0.632. The molecule has 2 unspecified atom stereocenters. The molecule has 0 fully saturated rings. The van der Waals surface area contributed by atoms with E-state index in [4.69, 9.17) is 5.73 Å². The van der Waals surface area contributed by atoms with Gasteiger partial charge in [-0.25, -0.2) is 4.39 Å². The van der Waals surface area contributed by atoms with Crippen LogP contribution in [0.15, 0.2) is 12.4 Å². The maximum atomic E-state index is 13.1. The van der Waals surface area contributed by atoms with Crippen LogP contribution in [0, 0.1) is 0 Å². The third kappa shape index (κ3) is 3.99. The molecule has 0 bridgehead atoms. The molecule has 1 aromatic rings. The van der Waals surface area contributed by atoms with E-state index in [0.717, 1.165) is 0 Å². The van der Waals surface area contributed by atoms with Crippen LogP contribution in [-0.4, -0.2) is 40.9 Å². The Labute approximate surface area is 87.8 Å². The fraction of sp³-hybridized carbons (Fsp3) is 0.714. The van der Waals surface area contributed by atoms with Gasteiger partial charge < -0.3 is 10.5 Å². The summed E-state index contributed by atoms with van der Waals surface area (Å²) in [7, 11) is 1.44. The first-order chi connectivity index (χ1) is 6.24. The molecule has 0 aromatic carbocycles. The number of nitrogens with two attached hydrogens (primary N) is 1. The zero-order valence-corrected chi connectivity index (χ0v) is 8.65. The van der Waals surface area contributed by atoms with Crippen molar-refractivity contribution in [2.24, 2.45) is 5.73 Å². The predicted molar refractivity (Wildman–Crippen MR) is 52.0 cm³/mol. The standard InChI is InChI=1S/C7H13FN4O.ClH/c1-13-5-6(8)7(9)4-12-10-2-3-11-12;/h2-3,6-7H,4-5,9H2,1H3;1H. The lowest BCUT2D eigenvalue weighted by atomic mass is 10.2. The van der Waals surface area contributed by atoms with Gasteiger partial charge in [-0.2, -0.15) is 15.0 Å². The number of ether oxygens (including phenoxy) is 1. The second kappa shape index (κ2) is 6.69. The minimum atomic E-state index is -1.18. The zero-order valence-electron chi connectivity index (χ0n) is 7.84. The molecule has 0 saturated heterocycles. The molecule has 82 valence electrons. The topological polar surface area (TPSA) is 66.0 Å². The maximum Gasteiger partial charge on any atom is 0.140 e. The molecule has 0 radical (unpaired) electrons. The van der Waals surface area contributed by atoms with Gasteiger partial charge in [0, 0.05) is 7.11 Å². The Morgan fingerprint density at radius 3 is 2.57 bits per heavy atom. The molecule has 1 rings (SSSR count). The smallest absolute Gasteiger partial charge is 0.140 e. The molecule has 0 aliphatic heterocycles. The Hall–Kier alpha value is -0.720. The Morgan fingerprint density at radius 2 is 2.07 bits per heavy atom. The Balaban J connectivity index is 0.00000169. The molecule has 2 atom stereocenters. The molecule has 0 spiro atoms. The average molecular weight is 225 g/mol. The van der Waals surface area contributed by atoms with Crippen LogP contribution >= 0.6 is 12.4 Å². The number of hydrogen-bond donors (Lipinski definition) is 1. The van der Waals surface area contributed by atoms with Crippen molar-refractivity contribution in [2.45, 2.75) is 18.8 Å². The van der Waals surface area contributed by atoms with E-state index in [-0.39, 0.29) is 25.6 Å². The van der Waals surface area contributed by atoms with Crippen molar-refractivity contribution in [3.05, 3.63) is 12.4 Å². The van der Waals surface area contributed by atoms with E-state index in [1.165, 1.54) is 24.3 Å². The van der Waals surface area contributed by atoms with E-state index in [0.29, 0.717) is 0 Å². The summed E-state index contributed by atoms with van der Waals surface area (Å²) in [6.45, 7) is 0.264. The van der Waals surface area contributed by atoms with Crippen molar-refractivity contribution in [1.29, 1.82) is 0 Å². The van der Waals surface area contributed by atoms with Gasteiger partial charge in [0.2, 0.25) is 0 Å². The molecule has 0 amide bonds. The van der Waals surface area contributed by atoms with Crippen molar-refractivity contribution in [2.75, 3.05) is 13.7 Å². The highest BCUT2D eigenvalue weighted by Gasteiger charge is 2.17.